The highest BCUT2D eigenvalue weighted by molar-refractivity contribution is 7.90. The number of hydrogen-bond donors (Lipinski definition) is 1. The highest BCUT2D eigenvalue weighted by Crippen LogP contribution is 2.44. The van der Waals surface area contributed by atoms with Gasteiger partial charge in [0.05, 0.1) is 10.9 Å². The van der Waals surface area contributed by atoms with Gasteiger partial charge in [-0.3, -0.25) is 4.90 Å². The van der Waals surface area contributed by atoms with Crippen molar-refractivity contribution in [2.75, 3.05) is 19.3 Å². The smallest absolute Gasteiger partial charge is 0.175 e. The van der Waals surface area contributed by atoms with E-state index in [-0.39, 0.29) is 22.6 Å². The second kappa shape index (κ2) is 9.15. The zero-order valence-electron chi connectivity index (χ0n) is 18.5. The van der Waals surface area contributed by atoms with Crippen LogP contribution in [-0.4, -0.2) is 44.2 Å². The monoisotopic (exact) mass is 496 g/mol. The molecule has 2 aliphatic rings. The molecule has 0 spiro atoms. The minimum absolute atomic E-state index is 0.0793. The second-order valence-electron chi connectivity index (χ2n) is 9.20. The maximum atomic E-state index is 11.8. The molecule has 1 saturated heterocycles. The molecule has 3 atom stereocenters. The number of hydrogen-bond acceptors (Lipinski definition) is 5. The molecule has 5 nitrogen and oxygen atoms in total. The fraction of sp³-hybridized carbons (Fsp3) is 0.500. The van der Waals surface area contributed by atoms with Crippen molar-refractivity contribution in [3.63, 3.8) is 0 Å². The molecule has 1 unspecified atom stereocenters. The standard InChI is InChI=1S/C24H30Cl2N2O3S/c1-3-9-24(27)10-4-11-28(15-24)22-14-19-20(12-16(25)13-21(19)26)23(22)31-17-5-7-18(8-6-17)32(2,29)30/h5-8,12-13,22-23H,3-4,9-11,14-15,27H2,1-2H3/t22-,23-,24?/m0/s1. The van der Waals surface area contributed by atoms with Crippen LogP contribution in [0.25, 0.3) is 0 Å². The lowest BCUT2D eigenvalue weighted by molar-refractivity contribution is 0.0371. The van der Waals surface area contributed by atoms with Gasteiger partial charge in [-0.1, -0.05) is 36.5 Å². The van der Waals surface area contributed by atoms with Gasteiger partial charge in [-0.05, 0) is 74.2 Å². The van der Waals surface area contributed by atoms with E-state index in [9.17, 15) is 8.42 Å². The van der Waals surface area contributed by atoms with Crippen LogP contribution >= 0.6 is 23.2 Å². The van der Waals surface area contributed by atoms with Gasteiger partial charge in [0, 0.05) is 33.9 Å². The molecule has 0 saturated carbocycles. The Labute approximate surface area is 200 Å². The molecule has 2 aromatic rings. The van der Waals surface area contributed by atoms with Gasteiger partial charge in [0.1, 0.15) is 11.9 Å². The van der Waals surface area contributed by atoms with Crippen molar-refractivity contribution < 1.29 is 13.2 Å². The van der Waals surface area contributed by atoms with Crippen molar-refractivity contribution in [3.8, 4) is 5.75 Å². The quantitative estimate of drug-likeness (QED) is 0.606. The van der Waals surface area contributed by atoms with E-state index in [4.69, 9.17) is 33.7 Å². The Hall–Kier alpha value is -1.31. The van der Waals surface area contributed by atoms with Gasteiger partial charge >= 0.3 is 0 Å². The number of fused-ring (bicyclic) bond motifs is 1. The highest BCUT2D eigenvalue weighted by atomic mass is 35.5. The highest BCUT2D eigenvalue weighted by Gasteiger charge is 2.43. The molecule has 1 aliphatic heterocycles. The molecule has 0 amide bonds. The number of halogens is 2. The number of nitrogens with zero attached hydrogens (tertiary/aromatic N) is 1. The van der Waals surface area contributed by atoms with E-state index in [1.165, 1.54) is 6.26 Å². The van der Waals surface area contributed by atoms with Gasteiger partial charge in [0.2, 0.25) is 0 Å². The van der Waals surface area contributed by atoms with Crippen LogP contribution in [0.2, 0.25) is 10.0 Å². The summed E-state index contributed by atoms with van der Waals surface area (Å²) in [6.07, 6.45) is 5.82. The lowest BCUT2D eigenvalue weighted by Gasteiger charge is -2.44. The Morgan fingerprint density at radius 2 is 1.94 bits per heavy atom. The number of nitrogens with two attached hydrogens (primary N) is 1. The van der Waals surface area contributed by atoms with Crippen LogP contribution in [-0.2, 0) is 16.3 Å². The zero-order chi connectivity index (χ0) is 23.1. The summed E-state index contributed by atoms with van der Waals surface area (Å²) in [6.45, 7) is 3.95. The summed E-state index contributed by atoms with van der Waals surface area (Å²) in [6, 6.07) is 10.4. The normalized spacial score (nSPS) is 26.2. The van der Waals surface area contributed by atoms with Gasteiger partial charge in [0.15, 0.2) is 9.84 Å². The third-order valence-corrected chi connectivity index (χ3v) is 8.32. The lowest BCUT2D eigenvalue weighted by atomic mass is 9.85. The molecule has 0 radical (unpaired) electrons. The fourth-order valence-corrected chi connectivity index (χ4v) is 6.39. The summed E-state index contributed by atoms with van der Waals surface area (Å²) in [5.41, 5.74) is 8.61. The first kappa shape index (κ1) is 23.8. The minimum Gasteiger partial charge on any atom is -0.484 e. The number of sulfone groups is 1. The van der Waals surface area contributed by atoms with Crippen molar-refractivity contribution in [2.24, 2.45) is 5.73 Å². The molecule has 0 aromatic heterocycles. The predicted octanol–water partition coefficient (Wildman–Crippen LogP) is 5.04. The van der Waals surface area contributed by atoms with E-state index in [1.54, 1.807) is 30.3 Å². The third-order valence-electron chi connectivity index (χ3n) is 6.63. The first-order valence-corrected chi connectivity index (χ1v) is 13.7. The summed E-state index contributed by atoms with van der Waals surface area (Å²) in [4.78, 5) is 2.71. The van der Waals surface area contributed by atoms with E-state index in [1.807, 2.05) is 6.07 Å². The van der Waals surface area contributed by atoms with Gasteiger partial charge in [-0.2, -0.15) is 0 Å². The molecule has 32 heavy (non-hydrogen) atoms. The Balaban J connectivity index is 1.66. The molecule has 2 aromatic carbocycles. The lowest BCUT2D eigenvalue weighted by Crippen LogP contribution is -2.57. The average molecular weight is 497 g/mol. The maximum Gasteiger partial charge on any atom is 0.175 e. The minimum atomic E-state index is -3.27. The first-order valence-electron chi connectivity index (χ1n) is 11.1. The van der Waals surface area contributed by atoms with E-state index in [0.29, 0.717) is 15.8 Å². The van der Waals surface area contributed by atoms with Crippen molar-refractivity contribution in [3.05, 3.63) is 57.6 Å². The number of ether oxygens (including phenoxy) is 1. The van der Waals surface area contributed by atoms with Crippen LogP contribution in [0, 0.1) is 0 Å². The summed E-state index contributed by atoms with van der Waals surface area (Å²) >= 11 is 12.9. The SMILES string of the molecule is CCCC1(N)CCCN([C@H]2Cc3c(Cl)cc(Cl)cc3[C@@H]2Oc2ccc(S(C)(=O)=O)cc2)C1. The van der Waals surface area contributed by atoms with Crippen LogP contribution < -0.4 is 10.5 Å². The van der Waals surface area contributed by atoms with Gasteiger partial charge in [0.25, 0.3) is 0 Å². The largest absolute Gasteiger partial charge is 0.484 e. The van der Waals surface area contributed by atoms with Crippen molar-refractivity contribution >= 4 is 33.0 Å². The third kappa shape index (κ3) is 4.95. The van der Waals surface area contributed by atoms with Crippen molar-refractivity contribution in [1.29, 1.82) is 0 Å². The maximum absolute atomic E-state index is 11.8. The van der Waals surface area contributed by atoms with Crippen LogP contribution in [0.4, 0.5) is 0 Å². The van der Waals surface area contributed by atoms with Gasteiger partial charge in [-0.15, -0.1) is 0 Å². The van der Waals surface area contributed by atoms with E-state index in [2.05, 4.69) is 11.8 Å². The molecule has 8 heteroatoms. The van der Waals surface area contributed by atoms with Crippen LogP contribution in [0.15, 0.2) is 41.3 Å². The Morgan fingerprint density at radius 1 is 1.22 bits per heavy atom. The molecule has 4 rings (SSSR count). The number of likely N-dealkylation sites (tertiary alicyclic amines) is 1. The molecular formula is C24H30Cl2N2O3S. The Bertz CT molecular complexity index is 1090. The molecule has 174 valence electrons. The van der Waals surface area contributed by atoms with Crippen molar-refractivity contribution in [2.45, 2.75) is 61.6 Å². The van der Waals surface area contributed by atoms with Crippen LogP contribution in [0.5, 0.6) is 5.75 Å². The van der Waals surface area contributed by atoms with E-state index in [0.717, 1.165) is 56.3 Å². The van der Waals surface area contributed by atoms with Crippen molar-refractivity contribution in [1.82, 2.24) is 4.90 Å². The summed E-state index contributed by atoms with van der Waals surface area (Å²) in [7, 11) is -3.27. The Kier molecular flexibility index (Phi) is 6.81. The molecule has 0 bridgehead atoms. The van der Waals surface area contributed by atoms with E-state index >= 15 is 0 Å². The van der Waals surface area contributed by atoms with Gasteiger partial charge < -0.3 is 10.5 Å². The molecule has 1 fully saturated rings. The fourth-order valence-electron chi connectivity index (χ4n) is 5.17. The molecule has 1 aliphatic carbocycles. The Morgan fingerprint density at radius 3 is 2.59 bits per heavy atom. The molecule has 2 N–H and O–H groups in total. The summed E-state index contributed by atoms with van der Waals surface area (Å²) in [5, 5.41) is 1.23. The van der Waals surface area contributed by atoms with Gasteiger partial charge in [-0.25, -0.2) is 8.42 Å². The first-order chi connectivity index (χ1) is 15.1. The van der Waals surface area contributed by atoms with Crippen LogP contribution in [0.1, 0.15) is 49.8 Å². The predicted molar refractivity (Wildman–Crippen MR) is 130 cm³/mol. The summed E-state index contributed by atoms with van der Waals surface area (Å²) < 4.78 is 30.1. The number of benzene rings is 2. The number of rotatable bonds is 6. The average Bonchev–Trinajstić information content (AvgIpc) is 3.06. The second-order valence-corrected chi connectivity index (χ2v) is 12.1. The number of piperidine rings is 1. The van der Waals surface area contributed by atoms with E-state index < -0.39 is 9.84 Å². The molecule has 1 heterocycles. The molecular weight excluding hydrogens is 467 g/mol. The zero-order valence-corrected chi connectivity index (χ0v) is 20.8. The van der Waals surface area contributed by atoms with Crippen LogP contribution in [0.3, 0.4) is 0 Å². The summed E-state index contributed by atoms with van der Waals surface area (Å²) in [5.74, 6) is 0.612. The topological polar surface area (TPSA) is 72.6 Å².